The van der Waals surface area contributed by atoms with Crippen LogP contribution in [0.15, 0.2) is 26.7 Å². The lowest BCUT2D eigenvalue weighted by atomic mass is 9.96. The Morgan fingerprint density at radius 1 is 1.33 bits per heavy atom. The molecule has 1 aliphatic carbocycles. The number of thiophene rings is 1. The van der Waals surface area contributed by atoms with Crippen LogP contribution in [0.1, 0.15) is 39.0 Å². The van der Waals surface area contributed by atoms with Gasteiger partial charge in [-0.2, -0.15) is 0 Å². The summed E-state index contributed by atoms with van der Waals surface area (Å²) in [5, 5.41) is 8.42. The molecule has 24 heavy (non-hydrogen) atoms. The van der Waals surface area contributed by atoms with Crippen molar-refractivity contribution >= 4 is 51.3 Å². The van der Waals surface area contributed by atoms with Gasteiger partial charge in [-0.1, -0.05) is 25.3 Å². The molecule has 0 aliphatic heterocycles. The topological polar surface area (TPSA) is 82.6 Å². The van der Waals surface area contributed by atoms with Gasteiger partial charge in [0.05, 0.1) is 6.54 Å². The average molecular weight is 486 g/mol. The predicted octanol–water partition coefficient (Wildman–Crippen LogP) is 2.53. The predicted molar refractivity (Wildman–Crippen MR) is 111 cm³/mol. The minimum Gasteiger partial charge on any atom is -0.357 e. The molecule has 2 rings (SSSR count). The molecule has 0 spiro atoms. The van der Waals surface area contributed by atoms with Crippen LogP contribution < -0.4 is 15.4 Å². The summed E-state index contributed by atoms with van der Waals surface area (Å²) in [5.74, 6) is 0.773. The van der Waals surface area contributed by atoms with Gasteiger partial charge < -0.3 is 10.6 Å². The zero-order chi connectivity index (χ0) is 16.5. The van der Waals surface area contributed by atoms with E-state index in [9.17, 15) is 8.42 Å². The van der Waals surface area contributed by atoms with Crippen molar-refractivity contribution in [1.82, 2.24) is 15.4 Å². The molecule has 1 aromatic rings. The third-order valence-electron chi connectivity index (χ3n) is 3.72. The molecular formula is C15H27IN4O2S2. The maximum Gasteiger partial charge on any atom is 0.250 e. The Labute approximate surface area is 166 Å². The monoisotopic (exact) mass is 486 g/mol. The van der Waals surface area contributed by atoms with Crippen LogP contribution in [-0.4, -0.2) is 40.1 Å². The Bertz CT molecular complexity index is 585. The van der Waals surface area contributed by atoms with Gasteiger partial charge in [-0.05, 0) is 31.2 Å². The Morgan fingerprint density at radius 2 is 2.08 bits per heavy atom. The molecule has 9 heteroatoms. The zero-order valence-electron chi connectivity index (χ0n) is 14.0. The van der Waals surface area contributed by atoms with Gasteiger partial charge in [0.25, 0.3) is 0 Å². The van der Waals surface area contributed by atoms with Gasteiger partial charge in [0.15, 0.2) is 5.96 Å². The molecular weight excluding hydrogens is 459 g/mol. The fourth-order valence-electron chi connectivity index (χ4n) is 2.60. The smallest absolute Gasteiger partial charge is 0.250 e. The Morgan fingerprint density at radius 3 is 2.71 bits per heavy atom. The molecule has 0 unspecified atom stereocenters. The SMILES string of the molecule is CCNC(=NCCNS(=O)(=O)c1cccs1)NC1CCCCC1.I. The van der Waals surface area contributed by atoms with Crippen molar-refractivity contribution in [3.63, 3.8) is 0 Å². The van der Waals surface area contributed by atoms with Crippen LogP contribution in [0.3, 0.4) is 0 Å². The summed E-state index contributed by atoms with van der Waals surface area (Å²) in [6.45, 7) is 3.52. The second-order valence-corrected chi connectivity index (χ2v) is 8.51. The van der Waals surface area contributed by atoms with Crippen molar-refractivity contribution < 1.29 is 8.42 Å². The number of nitrogens with one attached hydrogen (secondary N) is 3. The number of rotatable bonds is 7. The molecule has 1 saturated carbocycles. The first-order chi connectivity index (χ1) is 11.1. The van der Waals surface area contributed by atoms with E-state index in [4.69, 9.17) is 0 Å². The zero-order valence-corrected chi connectivity index (χ0v) is 17.9. The van der Waals surface area contributed by atoms with Crippen molar-refractivity contribution in [2.24, 2.45) is 4.99 Å². The summed E-state index contributed by atoms with van der Waals surface area (Å²) < 4.78 is 26.9. The summed E-state index contributed by atoms with van der Waals surface area (Å²) in [4.78, 5) is 4.46. The van der Waals surface area contributed by atoms with E-state index in [0.717, 1.165) is 12.5 Å². The van der Waals surface area contributed by atoms with Crippen molar-refractivity contribution in [2.75, 3.05) is 19.6 Å². The van der Waals surface area contributed by atoms with Crippen molar-refractivity contribution in [3.05, 3.63) is 17.5 Å². The van der Waals surface area contributed by atoms with Crippen LogP contribution in [-0.2, 0) is 10.0 Å². The summed E-state index contributed by atoms with van der Waals surface area (Å²) in [5.41, 5.74) is 0. The molecule has 0 aromatic carbocycles. The number of hydrogen-bond acceptors (Lipinski definition) is 4. The number of hydrogen-bond donors (Lipinski definition) is 3. The second-order valence-electron chi connectivity index (χ2n) is 5.57. The van der Waals surface area contributed by atoms with E-state index in [2.05, 4.69) is 20.3 Å². The maximum atomic E-state index is 12.0. The molecule has 0 amide bonds. The van der Waals surface area contributed by atoms with Gasteiger partial charge in [-0.25, -0.2) is 13.1 Å². The number of guanidine groups is 1. The average Bonchev–Trinajstić information content (AvgIpc) is 3.08. The lowest BCUT2D eigenvalue weighted by molar-refractivity contribution is 0.410. The fourth-order valence-corrected chi connectivity index (χ4v) is 4.65. The van der Waals surface area contributed by atoms with E-state index in [0.29, 0.717) is 23.3 Å². The molecule has 138 valence electrons. The van der Waals surface area contributed by atoms with Crippen molar-refractivity contribution in [1.29, 1.82) is 0 Å². The first kappa shape index (κ1) is 21.7. The summed E-state index contributed by atoms with van der Waals surface area (Å²) >= 11 is 1.21. The summed E-state index contributed by atoms with van der Waals surface area (Å²) in [7, 11) is -3.40. The van der Waals surface area contributed by atoms with E-state index in [1.165, 1.54) is 43.4 Å². The highest BCUT2D eigenvalue weighted by atomic mass is 127. The van der Waals surface area contributed by atoms with Crippen LogP contribution in [0, 0.1) is 0 Å². The molecule has 0 atom stereocenters. The van der Waals surface area contributed by atoms with E-state index < -0.39 is 10.0 Å². The van der Waals surface area contributed by atoms with E-state index in [1.54, 1.807) is 17.5 Å². The van der Waals surface area contributed by atoms with Crippen LogP contribution in [0.2, 0.25) is 0 Å². The maximum absolute atomic E-state index is 12.0. The fraction of sp³-hybridized carbons (Fsp3) is 0.667. The summed E-state index contributed by atoms with van der Waals surface area (Å²) in [6, 6.07) is 3.81. The molecule has 0 radical (unpaired) electrons. The van der Waals surface area contributed by atoms with Gasteiger partial charge >= 0.3 is 0 Å². The van der Waals surface area contributed by atoms with Gasteiger partial charge in [-0.3, -0.25) is 4.99 Å². The minimum atomic E-state index is -3.40. The number of nitrogens with zero attached hydrogens (tertiary/aromatic N) is 1. The molecule has 1 aromatic heterocycles. The second kappa shape index (κ2) is 11.3. The molecule has 1 fully saturated rings. The lowest BCUT2D eigenvalue weighted by Gasteiger charge is -2.24. The quantitative estimate of drug-likeness (QED) is 0.240. The van der Waals surface area contributed by atoms with Gasteiger partial charge in [-0.15, -0.1) is 35.3 Å². The Balaban J connectivity index is 0.00000288. The number of halogens is 1. The standard InChI is InChI=1S/C15H26N4O2S2.HI/c1-2-16-15(19-13-7-4-3-5-8-13)17-10-11-18-23(20,21)14-9-6-12-22-14;/h6,9,12-13,18H,2-5,7-8,10-11H2,1H3,(H2,16,17,19);1H. The first-order valence-corrected chi connectivity index (χ1v) is 10.6. The Hall–Kier alpha value is -0.390. The molecule has 1 heterocycles. The molecule has 0 bridgehead atoms. The normalized spacial score (nSPS) is 16.5. The molecule has 3 N–H and O–H groups in total. The van der Waals surface area contributed by atoms with Gasteiger partial charge in [0.1, 0.15) is 4.21 Å². The van der Waals surface area contributed by atoms with Gasteiger partial charge in [0.2, 0.25) is 10.0 Å². The highest BCUT2D eigenvalue weighted by Gasteiger charge is 2.15. The third kappa shape index (κ3) is 7.24. The summed E-state index contributed by atoms with van der Waals surface area (Å²) in [6.07, 6.45) is 6.19. The van der Waals surface area contributed by atoms with E-state index in [1.807, 2.05) is 6.92 Å². The first-order valence-electron chi connectivity index (χ1n) is 8.20. The van der Waals surface area contributed by atoms with Crippen LogP contribution in [0.4, 0.5) is 0 Å². The number of aliphatic imine (C=N–C) groups is 1. The third-order valence-corrected chi connectivity index (χ3v) is 6.58. The minimum absolute atomic E-state index is 0. The lowest BCUT2D eigenvalue weighted by Crippen LogP contribution is -2.44. The van der Waals surface area contributed by atoms with Crippen molar-refractivity contribution in [3.8, 4) is 0 Å². The van der Waals surface area contributed by atoms with Crippen molar-refractivity contribution in [2.45, 2.75) is 49.3 Å². The van der Waals surface area contributed by atoms with Gasteiger partial charge in [0, 0.05) is 19.1 Å². The Kier molecular flexibility index (Phi) is 10.2. The molecule has 1 aliphatic rings. The highest BCUT2D eigenvalue weighted by molar-refractivity contribution is 14.0. The largest absolute Gasteiger partial charge is 0.357 e. The highest BCUT2D eigenvalue weighted by Crippen LogP contribution is 2.17. The van der Waals surface area contributed by atoms with Crippen LogP contribution >= 0.6 is 35.3 Å². The van der Waals surface area contributed by atoms with Crippen LogP contribution in [0.5, 0.6) is 0 Å². The van der Waals surface area contributed by atoms with E-state index in [-0.39, 0.29) is 24.0 Å². The van der Waals surface area contributed by atoms with E-state index >= 15 is 0 Å². The number of sulfonamides is 1. The molecule has 6 nitrogen and oxygen atoms in total. The van der Waals surface area contributed by atoms with Crippen LogP contribution in [0.25, 0.3) is 0 Å². The molecule has 0 saturated heterocycles.